The standard InChI is InChI=1S/C38H48N8O7/c1-24(2)20-31-36(49)42-34(25(3)47)37(50)40-15-5-6-17-45(38(51)29-10-7-12-30-28(29)11-8-16-39-30)18-9-19-46-22-27(43-44-46)23-53-33-21-26(35(48)41-31)13-14-32(33)52-4/h7-8,10-14,16,21-22,24-25,31,34,47H,5-6,9,15,17-20,23H2,1-4H3,(H,40,50)(H,41,48)(H,42,49)/t25-,31-,34+/m1/s1. The molecule has 1 aliphatic heterocycles. The molecule has 4 amide bonds. The van der Waals surface area contributed by atoms with E-state index in [1.807, 2.05) is 32.0 Å². The summed E-state index contributed by atoms with van der Waals surface area (Å²) in [6, 6.07) is 11.6. The van der Waals surface area contributed by atoms with Crippen molar-refractivity contribution in [2.45, 2.75) is 77.8 Å². The Balaban J connectivity index is 1.39. The lowest BCUT2D eigenvalue weighted by Gasteiger charge is -2.26. The van der Waals surface area contributed by atoms with Gasteiger partial charge in [0.25, 0.3) is 11.8 Å². The van der Waals surface area contributed by atoms with Crippen LogP contribution in [-0.2, 0) is 22.7 Å². The molecule has 5 rings (SSSR count). The predicted octanol–water partition coefficient (Wildman–Crippen LogP) is 2.87. The van der Waals surface area contributed by atoms with Gasteiger partial charge < -0.3 is 35.4 Å². The molecule has 1 aliphatic rings. The minimum absolute atomic E-state index is 0.0172. The van der Waals surface area contributed by atoms with E-state index in [4.69, 9.17) is 9.47 Å². The number of aliphatic hydroxyl groups excluding tert-OH is 1. The van der Waals surface area contributed by atoms with Crippen molar-refractivity contribution in [2.24, 2.45) is 5.92 Å². The van der Waals surface area contributed by atoms with E-state index < -0.39 is 35.9 Å². The van der Waals surface area contributed by atoms with E-state index in [-0.39, 0.29) is 42.7 Å². The average Bonchev–Trinajstić information content (AvgIpc) is 3.60. The summed E-state index contributed by atoms with van der Waals surface area (Å²) < 4.78 is 13.2. The van der Waals surface area contributed by atoms with Crippen LogP contribution < -0.4 is 25.4 Å². The van der Waals surface area contributed by atoms with Crippen LogP contribution in [0.5, 0.6) is 11.5 Å². The molecule has 0 aliphatic carbocycles. The van der Waals surface area contributed by atoms with Crippen molar-refractivity contribution in [3.8, 4) is 11.5 Å². The molecule has 0 fully saturated rings. The van der Waals surface area contributed by atoms with Crippen LogP contribution in [0.25, 0.3) is 10.9 Å². The quantitative estimate of drug-likeness (QED) is 0.238. The predicted molar refractivity (Wildman–Crippen MR) is 196 cm³/mol. The van der Waals surface area contributed by atoms with Crippen LogP contribution in [0.3, 0.4) is 0 Å². The highest BCUT2D eigenvalue weighted by atomic mass is 16.5. The molecule has 0 saturated carbocycles. The molecular formula is C38H48N8O7. The van der Waals surface area contributed by atoms with Gasteiger partial charge in [-0.3, -0.25) is 28.8 Å². The molecule has 0 saturated heterocycles. The molecule has 282 valence electrons. The molecule has 2 aromatic carbocycles. The lowest BCUT2D eigenvalue weighted by Crippen LogP contribution is -2.57. The maximum Gasteiger partial charge on any atom is 0.254 e. The highest BCUT2D eigenvalue weighted by molar-refractivity contribution is 6.06. The first-order chi connectivity index (χ1) is 25.5. The van der Waals surface area contributed by atoms with Crippen LogP contribution in [0.4, 0.5) is 0 Å². The number of rotatable bonds is 5. The number of pyridine rings is 1. The third kappa shape index (κ3) is 10.3. The van der Waals surface area contributed by atoms with E-state index in [9.17, 15) is 24.3 Å². The number of hydrogen-bond donors (Lipinski definition) is 4. The number of ether oxygens (including phenoxy) is 2. The third-order valence-corrected chi connectivity index (χ3v) is 8.91. The van der Waals surface area contributed by atoms with E-state index in [1.54, 1.807) is 46.2 Å². The van der Waals surface area contributed by atoms with Gasteiger partial charge in [0, 0.05) is 48.9 Å². The third-order valence-electron chi connectivity index (χ3n) is 8.91. The molecule has 0 radical (unpaired) electrons. The van der Waals surface area contributed by atoms with Crippen LogP contribution in [0.1, 0.15) is 72.9 Å². The SMILES string of the molecule is COc1ccc2cc1OCc1cn(nn1)CCCN(C(=O)c1cccc3ncccc13)CCCCNC(=O)[C@H]([C@@H](C)O)NC(=O)[C@@H](CC(C)C)NC2=O. The first-order valence-electron chi connectivity index (χ1n) is 17.9. The number of nitrogens with zero attached hydrogens (tertiary/aromatic N) is 5. The van der Waals surface area contributed by atoms with Gasteiger partial charge in [-0.15, -0.1) is 5.10 Å². The number of aromatic nitrogens is 4. The number of carbonyl (C=O) groups excluding carboxylic acids is 4. The summed E-state index contributed by atoms with van der Waals surface area (Å²) in [5, 5.41) is 28.0. The lowest BCUT2D eigenvalue weighted by atomic mass is 10.0. The largest absolute Gasteiger partial charge is 0.493 e. The fraction of sp³-hybridized carbons (Fsp3) is 0.447. The summed E-state index contributed by atoms with van der Waals surface area (Å²) in [6.07, 6.45) is 4.24. The summed E-state index contributed by atoms with van der Waals surface area (Å²) in [6.45, 7) is 6.90. The Labute approximate surface area is 308 Å². The molecule has 3 atom stereocenters. The minimum Gasteiger partial charge on any atom is -0.493 e. The molecule has 53 heavy (non-hydrogen) atoms. The van der Waals surface area contributed by atoms with Gasteiger partial charge in [0.05, 0.1) is 24.9 Å². The van der Waals surface area contributed by atoms with Gasteiger partial charge in [-0.1, -0.05) is 31.2 Å². The van der Waals surface area contributed by atoms with Crippen LogP contribution in [-0.4, -0.2) is 98.5 Å². The zero-order valence-corrected chi connectivity index (χ0v) is 30.6. The van der Waals surface area contributed by atoms with Gasteiger partial charge in [-0.05, 0) is 74.9 Å². The van der Waals surface area contributed by atoms with Crippen molar-refractivity contribution in [3.05, 3.63) is 77.7 Å². The van der Waals surface area contributed by atoms with Gasteiger partial charge >= 0.3 is 0 Å². The summed E-state index contributed by atoms with van der Waals surface area (Å²) in [5.41, 5.74) is 2.06. The number of amides is 4. The molecule has 3 heterocycles. The molecule has 4 aromatic rings. The number of methoxy groups -OCH3 is 1. The Morgan fingerprint density at radius 1 is 1.00 bits per heavy atom. The number of fused-ring (bicyclic) bond motifs is 5. The van der Waals surface area contributed by atoms with Crippen molar-refractivity contribution < 1.29 is 33.8 Å². The molecule has 2 aromatic heterocycles. The topological polar surface area (TPSA) is 190 Å². The zero-order valence-electron chi connectivity index (χ0n) is 30.6. The lowest BCUT2D eigenvalue weighted by molar-refractivity contribution is -0.132. The van der Waals surface area contributed by atoms with Crippen molar-refractivity contribution in [2.75, 3.05) is 26.7 Å². The van der Waals surface area contributed by atoms with E-state index >= 15 is 0 Å². The second-order valence-electron chi connectivity index (χ2n) is 13.5. The average molecular weight is 729 g/mol. The second kappa shape index (κ2) is 18.3. The second-order valence-corrected chi connectivity index (χ2v) is 13.5. The fourth-order valence-electron chi connectivity index (χ4n) is 6.15. The first kappa shape index (κ1) is 38.7. The molecule has 4 bridgehead atoms. The summed E-state index contributed by atoms with van der Waals surface area (Å²) in [4.78, 5) is 60.4. The van der Waals surface area contributed by atoms with Gasteiger partial charge in [0.1, 0.15) is 24.4 Å². The van der Waals surface area contributed by atoms with Crippen LogP contribution in [0, 0.1) is 5.92 Å². The van der Waals surface area contributed by atoms with Crippen molar-refractivity contribution >= 4 is 34.5 Å². The molecule has 0 spiro atoms. The van der Waals surface area contributed by atoms with Gasteiger partial charge in [-0.2, -0.15) is 0 Å². The van der Waals surface area contributed by atoms with Crippen LogP contribution in [0.15, 0.2) is 60.9 Å². The summed E-state index contributed by atoms with van der Waals surface area (Å²) in [7, 11) is 1.49. The molecular weight excluding hydrogens is 680 g/mol. The molecule has 15 heteroatoms. The summed E-state index contributed by atoms with van der Waals surface area (Å²) in [5.74, 6) is -1.11. The number of hydrogen-bond acceptors (Lipinski definition) is 10. The maximum atomic E-state index is 14.0. The normalized spacial score (nSPS) is 19.0. The van der Waals surface area contributed by atoms with Gasteiger partial charge in [0.15, 0.2) is 11.5 Å². The Hall–Kier alpha value is -5.57. The van der Waals surface area contributed by atoms with Crippen LogP contribution >= 0.6 is 0 Å². The first-order valence-corrected chi connectivity index (χ1v) is 17.9. The number of carbonyl (C=O) groups is 4. The zero-order chi connectivity index (χ0) is 37.9. The van der Waals surface area contributed by atoms with Gasteiger partial charge in [0.2, 0.25) is 11.8 Å². The highest BCUT2D eigenvalue weighted by Gasteiger charge is 2.30. The van der Waals surface area contributed by atoms with E-state index in [1.165, 1.54) is 20.1 Å². The van der Waals surface area contributed by atoms with E-state index in [2.05, 4.69) is 31.2 Å². The Bertz CT molecular complexity index is 1890. The smallest absolute Gasteiger partial charge is 0.254 e. The molecule has 15 nitrogen and oxygen atoms in total. The highest BCUT2D eigenvalue weighted by Crippen LogP contribution is 2.29. The van der Waals surface area contributed by atoms with Crippen molar-refractivity contribution in [3.63, 3.8) is 0 Å². The monoisotopic (exact) mass is 728 g/mol. The minimum atomic E-state index is -1.26. The van der Waals surface area contributed by atoms with Gasteiger partial charge in [-0.25, -0.2) is 0 Å². The number of nitrogens with one attached hydrogen (secondary N) is 3. The van der Waals surface area contributed by atoms with E-state index in [0.29, 0.717) is 55.9 Å². The maximum absolute atomic E-state index is 14.0. The number of aliphatic hydroxyl groups is 1. The molecule has 4 N–H and O–H groups in total. The Morgan fingerprint density at radius 2 is 1.81 bits per heavy atom. The fourth-order valence-corrected chi connectivity index (χ4v) is 6.15. The number of aryl methyl sites for hydroxylation is 1. The van der Waals surface area contributed by atoms with Crippen molar-refractivity contribution in [1.29, 1.82) is 0 Å². The Morgan fingerprint density at radius 3 is 2.58 bits per heavy atom. The molecule has 0 unspecified atom stereocenters. The van der Waals surface area contributed by atoms with E-state index in [0.717, 1.165) is 10.9 Å². The number of benzene rings is 2. The summed E-state index contributed by atoms with van der Waals surface area (Å²) >= 11 is 0. The van der Waals surface area contributed by atoms with Crippen LogP contribution in [0.2, 0.25) is 0 Å². The van der Waals surface area contributed by atoms with Crippen molar-refractivity contribution in [1.82, 2.24) is 40.8 Å². The Kier molecular flexibility index (Phi) is 13.3.